The summed E-state index contributed by atoms with van der Waals surface area (Å²) in [5.74, 6) is -0.00620. The van der Waals surface area contributed by atoms with Crippen molar-refractivity contribution < 1.29 is 13.2 Å². The van der Waals surface area contributed by atoms with Gasteiger partial charge in [0.05, 0.1) is 17.4 Å². The van der Waals surface area contributed by atoms with E-state index in [0.29, 0.717) is 6.42 Å². The summed E-state index contributed by atoms with van der Waals surface area (Å²) in [6.07, 6.45) is 0.306. The molecule has 0 saturated heterocycles. The molecule has 0 saturated carbocycles. The monoisotopic (exact) mass is 382 g/mol. The van der Waals surface area contributed by atoms with Crippen molar-refractivity contribution in [1.82, 2.24) is 4.90 Å². The van der Waals surface area contributed by atoms with Crippen LogP contribution < -0.4 is 5.14 Å². The summed E-state index contributed by atoms with van der Waals surface area (Å²) in [4.78, 5) is 14.4. The van der Waals surface area contributed by atoms with Gasteiger partial charge in [-0.3, -0.25) is 4.79 Å². The number of nitrogens with zero attached hydrogens (tertiary/aromatic N) is 1. The zero-order valence-electron chi connectivity index (χ0n) is 15.3. The van der Waals surface area contributed by atoms with Gasteiger partial charge in [-0.2, -0.15) is 0 Å². The van der Waals surface area contributed by atoms with Crippen molar-refractivity contribution in [3.8, 4) is 0 Å². The first-order valence-electron chi connectivity index (χ1n) is 8.62. The van der Waals surface area contributed by atoms with Crippen LogP contribution in [0, 0.1) is 0 Å². The highest BCUT2D eigenvalue weighted by atomic mass is 32.2. The molecule has 0 bridgehead atoms. The molecule has 3 aromatic carbocycles. The number of likely N-dealkylation sites (N-methyl/N-ethyl adjacent to an activating group) is 1. The Morgan fingerprint density at radius 2 is 1.63 bits per heavy atom. The number of hydrogen-bond donors (Lipinski definition) is 1. The number of benzene rings is 3. The second-order valence-electron chi connectivity index (χ2n) is 6.65. The highest BCUT2D eigenvalue weighted by Gasteiger charge is 2.18. The molecule has 0 radical (unpaired) electrons. The summed E-state index contributed by atoms with van der Waals surface area (Å²) in [5, 5.41) is 7.38. The molecule has 6 heteroatoms. The molecule has 1 unspecified atom stereocenters. The van der Waals surface area contributed by atoms with Crippen LogP contribution in [0.25, 0.3) is 10.8 Å². The van der Waals surface area contributed by atoms with Crippen molar-refractivity contribution in [3.63, 3.8) is 0 Å². The minimum Gasteiger partial charge on any atom is -0.339 e. The largest absolute Gasteiger partial charge is 0.339 e. The summed E-state index contributed by atoms with van der Waals surface area (Å²) in [7, 11) is -1.97. The van der Waals surface area contributed by atoms with E-state index in [9.17, 15) is 13.2 Å². The lowest BCUT2D eigenvalue weighted by molar-refractivity contribution is -0.131. The molecule has 5 nitrogen and oxygen atoms in total. The van der Waals surface area contributed by atoms with Crippen molar-refractivity contribution in [1.29, 1.82) is 0 Å². The van der Waals surface area contributed by atoms with Crippen LogP contribution in [0.3, 0.4) is 0 Å². The molecule has 0 spiro atoms. The van der Waals surface area contributed by atoms with Crippen molar-refractivity contribution in [2.45, 2.75) is 24.3 Å². The molecule has 3 aromatic rings. The fraction of sp³-hybridized carbons (Fsp3) is 0.190. The number of hydrogen-bond acceptors (Lipinski definition) is 3. The van der Waals surface area contributed by atoms with E-state index in [4.69, 9.17) is 5.14 Å². The highest BCUT2D eigenvalue weighted by molar-refractivity contribution is 7.89. The SMILES string of the molecule is CC(c1ccc(S(N)(=O)=O)cc1)N(C)C(=O)Cc1ccc2ccccc2c1. The zero-order valence-corrected chi connectivity index (χ0v) is 16.1. The van der Waals surface area contributed by atoms with Gasteiger partial charge in [0.15, 0.2) is 0 Å². The first-order valence-corrected chi connectivity index (χ1v) is 10.2. The van der Waals surface area contributed by atoms with Gasteiger partial charge in [-0.25, -0.2) is 13.6 Å². The minimum atomic E-state index is -3.72. The summed E-state index contributed by atoms with van der Waals surface area (Å²) < 4.78 is 22.7. The molecule has 0 aliphatic carbocycles. The Morgan fingerprint density at radius 3 is 2.26 bits per heavy atom. The van der Waals surface area contributed by atoms with Crippen LogP contribution in [-0.2, 0) is 21.2 Å². The zero-order chi connectivity index (χ0) is 19.6. The van der Waals surface area contributed by atoms with Crippen molar-refractivity contribution in [3.05, 3.63) is 77.9 Å². The fourth-order valence-electron chi connectivity index (χ4n) is 3.02. The third kappa shape index (κ3) is 4.35. The maximum absolute atomic E-state index is 12.7. The molecule has 3 rings (SSSR count). The van der Waals surface area contributed by atoms with Gasteiger partial charge >= 0.3 is 0 Å². The number of sulfonamides is 1. The molecular weight excluding hydrogens is 360 g/mol. The van der Waals surface area contributed by atoms with Crippen LogP contribution in [0.4, 0.5) is 0 Å². The molecule has 1 amide bonds. The van der Waals surface area contributed by atoms with Gasteiger partial charge < -0.3 is 4.90 Å². The van der Waals surface area contributed by atoms with Crippen LogP contribution in [0.1, 0.15) is 24.1 Å². The predicted molar refractivity (Wildman–Crippen MR) is 107 cm³/mol. The Kier molecular flexibility index (Phi) is 5.30. The number of fused-ring (bicyclic) bond motifs is 1. The summed E-state index contributed by atoms with van der Waals surface area (Å²) in [6.45, 7) is 1.91. The van der Waals surface area contributed by atoms with Crippen molar-refractivity contribution in [2.24, 2.45) is 5.14 Å². The van der Waals surface area contributed by atoms with Gasteiger partial charge in [0.25, 0.3) is 0 Å². The Bertz CT molecular complexity index is 1080. The van der Waals surface area contributed by atoms with Gasteiger partial charge in [-0.15, -0.1) is 0 Å². The molecule has 0 aliphatic heterocycles. The second kappa shape index (κ2) is 7.50. The third-order valence-electron chi connectivity index (χ3n) is 4.83. The smallest absolute Gasteiger partial charge is 0.238 e. The normalized spacial score (nSPS) is 12.7. The highest BCUT2D eigenvalue weighted by Crippen LogP contribution is 2.22. The summed E-state index contributed by atoms with van der Waals surface area (Å²) in [6, 6.07) is 20.2. The maximum Gasteiger partial charge on any atom is 0.238 e. The van der Waals surface area contributed by atoms with Crippen LogP contribution in [0.15, 0.2) is 71.6 Å². The Balaban J connectivity index is 1.73. The number of primary sulfonamides is 1. The van der Waals surface area contributed by atoms with E-state index in [0.717, 1.165) is 21.9 Å². The van der Waals surface area contributed by atoms with E-state index in [-0.39, 0.29) is 16.8 Å². The van der Waals surface area contributed by atoms with Crippen LogP contribution in [0.5, 0.6) is 0 Å². The van der Waals surface area contributed by atoms with Crippen molar-refractivity contribution in [2.75, 3.05) is 7.05 Å². The Morgan fingerprint density at radius 1 is 1.00 bits per heavy atom. The minimum absolute atomic E-state index is 0.00620. The lowest BCUT2D eigenvalue weighted by Gasteiger charge is -2.25. The van der Waals surface area contributed by atoms with E-state index in [1.807, 2.05) is 49.4 Å². The first kappa shape index (κ1) is 19.1. The standard InChI is InChI=1S/C21H22N2O3S/c1-15(17-9-11-20(12-10-17)27(22,25)26)23(2)21(24)14-16-7-8-18-5-3-4-6-19(18)13-16/h3-13,15H,14H2,1-2H3,(H2,22,25,26). The summed E-state index contributed by atoms with van der Waals surface area (Å²) in [5.41, 5.74) is 1.80. The van der Waals surface area contributed by atoms with Crippen LogP contribution >= 0.6 is 0 Å². The average Bonchev–Trinajstić information content (AvgIpc) is 2.66. The molecule has 27 heavy (non-hydrogen) atoms. The number of carbonyl (C=O) groups excluding carboxylic acids is 1. The fourth-order valence-corrected chi connectivity index (χ4v) is 3.54. The summed E-state index contributed by atoms with van der Waals surface area (Å²) >= 11 is 0. The van der Waals surface area contributed by atoms with E-state index < -0.39 is 10.0 Å². The van der Waals surface area contributed by atoms with Crippen LogP contribution in [-0.4, -0.2) is 26.3 Å². The number of amides is 1. The second-order valence-corrected chi connectivity index (χ2v) is 8.21. The lowest BCUT2D eigenvalue weighted by Crippen LogP contribution is -2.31. The Labute approximate surface area is 159 Å². The van der Waals surface area contributed by atoms with E-state index in [1.165, 1.54) is 12.1 Å². The third-order valence-corrected chi connectivity index (χ3v) is 5.76. The predicted octanol–water partition coefficient (Wildman–Crippen LogP) is 3.25. The number of nitrogens with two attached hydrogens (primary N) is 1. The average molecular weight is 382 g/mol. The van der Waals surface area contributed by atoms with Gasteiger partial charge in [0.1, 0.15) is 0 Å². The quantitative estimate of drug-likeness (QED) is 0.735. The molecule has 0 heterocycles. The molecule has 2 N–H and O–H groups in total. The van der Waals surface area contributed by atoms with Gasteiger partial charge in [0.2, 0.25) is 15.9 Å². The number of carbonyl (C=O) groups is 1. The topological polar surface area (TPSA) is 80.5 Å². The molecular formula is C21H22N2O3S. The van der Waals surface area contributed by atoms with Crippen LogP contribution in [0.2, 0.25) is 0 Å². The van der Waals surface area contributed by atoms with Gasteiger partial charge in [-0.05, 0) is 41.0 Å². The van der Waals surface area contributed by atoms with Gasteiger partial charge in [-0.1, -0.05) is 54.6 Å². The van der Waals surface area contributed by atoms with E-state index in [1.54, 1.807) is 24.1 Å². The van der Waals surface area contributed by atoms with E-state index >= 15 is 0 Å². The number of rotatable bonds is 5. The van der Waals surface area contributed by atoms with Gasteiger partial charge in [0, 0.05) is 7.05 Å². The first-order chi connectivity index (χ1) is 12.8. The molecule has 0 fully saturated rings. The molecule has 140 valence electrons. The molecule has 0 aromatic heterocycles. The lowest BCUT2D eigenvalue weighted by atomic mass is 10.0. The van der Waals surface area contributed by atoms with Crippen molar-refractivity contribution >= 4 is 26.7 Å². The maximum atomic E-state index is 12.7. The van der Waals surface area contributed by atoms with E-state index in [2.05, 4.69) is 0 Å². The Hall–Kier alpha value is -2.70. The molecule has 1 atom stereocenters. The molecule has 0 aliphatic rings.